The Morgan fingerprint density at radius 2 is 1.96 bits per heavy atom. The third-order valence-electron chi connectivity index (χ3n) is 4.97. The third kappa shape index (κ3) is 5.09. The van der Waals surface area contributed by atoms with E-state index in [1.807, 2.05) is 0 Å². The average molecular weight is 457 g/mol. The van der Waals surface area contributed by atoms with Crippen molar-refractivity contribution < 1.29 is 9.53 Å². The molecule has 2 atom stereocenters. The van der Waals surface area contributed by atoms with Gasteiger partial charge in [-0.05, 0) is 31.7 Å². The quantitative estimate of drug-likeness (QED) is 0.327. The van der Waals surface area contributed by atoms with Gasteiger partial charge in [0.05, 0.1) is 13.0 Å². The number of aliphatic imine (C=N–C) groups is 1. The molecule has 1 saturated heterocycles. The molecule has 2 aliphatic rings. The van der Waals surface area contributed by atoms with Crippen LogP contribution in [0.15, 0.2) is 35.3 Å². The third-order valence-corrected chi connectivity index (χ3v) is 4.97. The first-order valence-corrected chi connectivity index (χ1v) is 8.91. The van der Waals surface area contributed by atoms with Crippen LogP contribution in [0.4, 0.5) is 0 Å². The number of benzene rings is 1. The molecule has 5 nitrogen and oxygen atoms in total. The number of piperidine rings is 1. The van der Waals surface area contributed by atoms with E-state index < -0.39 is 0 Å². The van der Waals surface area contributed by atoms with E-state index in [-0.39, 0.29) is 35.9 Å². The molecule has 1 saturated carbocycles. The van der Waals surface area contributed by atoms with Gasteiger partial charge in [-0.15, -0.1) is 24.0 Å². The number of methoxy groups -OCH3 is 1. The lowest BCUT2D eigenvalue weighted by molar-refractivity contribution is -0.146. The lowest BCUT2D eigenvalue weighted by Crippen LogP contribution is -2.47. The van der Waals surface area contributed by atoms with Crippen LogP contribution >= 0.6 is 24.0 Å². The van der Waals surface area contributed by atoms with Gasteiger partial charge < -0.3 is 15.0 Å². The number of nitrogens with zero attached hydrogens (tertiary/aromatic N) is 2. The van der Waals surface area contributed by atoms with E-state index in [4.69, 9.17) is 4.74 Å². The van der Waals surface area contributed by atoms with E-state index in [1.165, 1.54) is 12.7 Å². The molecular formula is C19H28IN3O2. The van der Waals surface area contributed by atoms with Crippen LogP contribution in [0.25, 0.3) is 0 Å². The number of carbonyl (C=O) groups is 1. The van der Waals surface area contributed by atoms with E-state index >= 15 is 0 Å². The zero-order valence-electron chi connectivity index (χ0n) is 15.0. The van der Waals surface area contributed by atoms with Crippen LogP contribution in [0.3, 0.4) is 0 Å². The molecule has 0 radical (unpaired) electrons. The molecule has 1 aliphatic heterocycles. The maximum atomic E-state index is 11.7. The summed E-state index contributed by atoms with van der Waals surface area (Å²) in [4.78, 5) is 18.6. The van der Waals surface area contributed by atoms with Crippen LogP contribution in [0, 0.1) is 5.92 Å². The van der Waals surface area contributed by atoms with Gasteiger partial charge in [0.25, 0.3) is 0 Å². The van der Waals surface area contributed by atoms with Gasteiger partial charge in [-0.1, -0.05) is 30.3 Å². The minimum Gasteiger partial charge on any atom is -0.469 e. The number of guanidine groups is 1. The second-order valence-electron chi connectivity index (χ2n) is 6.59. The van der Waals surface area contributed by atoms with Crippen molar-refractivity contribution in [2.75, 3.05) is 26.7 Å². The van der Waals surface area contributed by atoms with Crippen molar-refractivity contribution >= 4 is 35.9 Å². The number of ether oxygens (including phenoxy) is 1. The van der Waals surface area contributed by atoms with E-state index in [2.05, 4.69) is 52.5 Å². The Hall–Kier alpha value is -1.31. The van der Waals surface area contributed by atoms with E-state index in [0.29, 0.717) is 12.0 Å². The molecule has 3 rings (SSSR count). The molecule has 2 unspecified atom stereocenters. The number of carbonyl (C=O) groups excluding carboxylic acids is 1. The summed E-state index contributed by atoms with van der Waals surface area (Å²) in [7, 11) is 1.47. The van der Waals surface area contributed by atoms with Crippen LogP contribution in [-0.2, 0) is 9.53 Å². The molecule has 1 heterocycles. The predicted molar refractivity (Wildman–Crippen MR) is 110 cm³/mol. The molecule has 1 N–H and O–H groups in total. The van der Waals surface area contributed by atoms with Crippen molar-refractivity contribution in [2.45, 2.75) is 38.1 Å². The Bertz CT molecular complexity index is 586. The molecule has 0 bridgehead atoms. The molecule has 25 heavy (non-hydrogen) atoms. The normalized spacial score (nSPS) is 23.6. The van der Waals surface area contributed by atoms with Gasteiger partial charge in [0, 0.05) is 31.6 Å². The second-order valence-corrected chi connectivity index (χ2v) is 6.59. The molecule has 138 valence electrons. The fourth-order valence-corrected chi connectivity index (χ4v) is 3.47. The molecule has 2 fully saturated rings. The van der Waals surface area contributed by atoms with Gasteiger partial charge in [-0.25, -0.2) is 0 Å². The minimum absolute atomic E-state index is 0. The van der Waals surface area contributed by atoms with Crippen LogP contribution in [0.1, 0.15) is 37.7 Å². The second kappa shape index (κ2) is 9.40. The highest BCUT2D eigenvalue weighted by molar-refractivity contribution is 14.0. The predicted octanol–water partition coefficient (Wildman–Crippen LogP) is 3.01. The van der Waals surface area contributed by atoms with Gasteiger partial charge in [-0.3, -0.25) is 9.79 Å². The molecule has 1 aromatic rings. The summed E-state index contributed by atoms with van der Waals surface area (Å²) in [6.07, 6.45) is 2.83. The minimum atomic E-state index is -0.0806. The van der Waals surface area contributed by atoms with Gasteiger partial charge in [-0.2, -0.15) is 0 Å². The number of esters is 1. The maximum Gasteiger partial charge on any atom is 0.308 e. The van der Waals surface area contributed by atoms with E-state index in [0.717, 1.165) is 44.9 Å². The van der Waals surface area contributed by atoms with Crippen LogP contribution in [0.2, 0.25) is 0 Å². The molecule has 1 aromatic carbocycles. The first-order chi connectivity index (χ1) is 11.7. The summed E-state index contributed by atoms with van der Waals surface area (Å²) in [5.74, 6) is 1.53. The number of nitrogens with one attached hydrogen (secondary N) is 1. The van der Waals surface area contributed by atoms with Crippen LogP contribution in [0.5, 0.6) is 0 Å². The summed E-state index contributed by atoms with van der Waals surface area (Å²) in [6, 6.07) is 11.1. The highest BCUT2D eigenvalue weighted by atomic mass is 127. The van der Waals surface area contributed by atoms with Crippen molar-refractivity contribution in [2.24, 2.45) is 10.9 Å². The number of likely N-dealkylation sites (tertiary alicyclic amines) is 1. The maximum absolute atomic E-state index is 11.7. The zero-order chi connectivity index (χ0) is 16.9. The molecular weight excluding hydrogens is 429 g/mol. The smallest absolute Gasteiger partial charge is 0.308 e. The van der Waals surface area contributed by atoms with Crippen molar-refractivity contribution in [3.05, 3.63) is 35.9 Å². The topological polar surface area (TPSA) is 53.9 Å². The van der Waals surface area contributed by atoms with E-state index in [1.54, 1.807) is 0 Å². The highest BCUT2D eigenvalue weighted by Gasteiger charge is 2.40. The Balaban J connectivity index is 0.00000225. The van der Waals surface area contributed by atoms with Gasteiger partial charge in [0.2, 0.25) is 0 Å². The lowest BCUT2D eigenvalue weighted by Gasteiger charge is -2.33. The Morgan fingerprint density at radius 1 is 1.28 bits per heavy atom. The summed E-state index contributed by atoms with van der Waals surface area (Å²) in [5.41, 5.74) is 1.40. The van der Waals surface area contributed by atoms with Crippen molar-refractivity contribution in [3.8, 4) is 0 Å². The summed E-state index contributed by atoms with van der Waals surface area (Å²) < 4.78 is 4.87. The molecule has 1 aliphatic carbocycles. The molecule has 0 aromatic heterocycles. The fraction of sp³-hybridized carbons (Fsp3) is 0.579. The lowest BCUT2D eigenvalue weighted by atomic mass is 9.97. The summed E-state index contributed by atoms with van der Waals surface area (Å²) in [6.45, 7) is 4.54. The SMILES string of the molecule is CCN=C(NC1CC1c1ccccc1)N1CCC(C(=O)OC)CC1.I. The zero-order valence-corrected chi connectivity index (χ0v) is 17.3. The Morgan fingerprint density at radius 3 is 2.56 bits per heavy atom. The Labute approximate surface area is 167 Å². The number of hydrogen-bond acceptors (Lipinski definition) is 3. The monoisotopic (exact) mass is 457 g/mol. The fourth-order valence-electron chi connectivity index (χ4n) is 3.47. The van der Waals surface area contributed by atoms with Crippen molar-refractivity contribution in [3.63, 3.8) is 0 Å². The van der Waals surface area contributed by atoms with Crippen LogP contribution < -0.4 is 5.32 Å². The highest BCUT2D eigenvalue weighted by Crippen LogP contribution is 2.40. The van der Waals surface area contributed by atoms with Crippen LogP contribution in [-0.4, -0.2) is 49.6 Å². The van der Waals surface area contributed by atoms with Crippen molar-refractivity contribution in [1.82, 2.24) is 10.2 Å². The number of halogens is 1. The molecule has 0 amide bonds. The number of hydrogen-bond donors (Lipinski definition) is 1. The van der Waals surface area contributed by atoms with E-state index in [9.17, 15) is 4.79 Å². The van der Waals surface area contributed by atoms with Crippen molar-refractivity contribution in [1.29, 1.82) is 0 Å². The molecule has 0 spiro atoms. The van der Waals surface area contributed by atoms with Gasteiger partial charge in [0.15, 0.2) is 5.96 Å². The van der Waals surface area contributed by atoms with Gasteiger partial charge >= 0.3 is 5.97 Å². The standard InChI is InChI=1S/C19H27N3O2.HI/c1-3-20-19(22-11-9-15(10-12-22)18(23)24-2)21-17-13-16(17)14-7-5-4-6-8-14;/h4-8,15-17H,3,9-13H2,1-2H3,(H,20,21);1H. The van der Waals surface area contributed by atoms with Gasteiger partial charge in [0.1, 0.15) is 0 Å². The largest absolute Gasteiger partial charge is 0.469 e. The number of rotatable bonds is 4. The first-order valence-electron chi connectivity index (χ1n) is 8.91. The average Bonchev–Trinajstić information content (AvgIpc) is 3.41. The summed E-state index contributed by atoms with van der Waals surface area (Å²) in [5, 5.41) is 3.63. The Kier molecular flexibility index (Phi) is 7.53. The molecule has 6 heteroatoms. The first kappa shape index (κ1) is 20.0. The summed E-state index contributed by atoms with van der Waals surface area (Å²) >= 11 is 0.